The molecule has 2 heterocycles. The van der Waals surface area contributed by atoms with Gasteiger partial charge < -0.3 is 24.2 Å². The van der Waals surface area contributed by atoms with Crippen molar-refractivity contribution >= 4 is 19.4 Å². The minimum Gasteiger partial charge on any atom is -0.778 e. The van der Waals surface area contributed by atoms with Gasteiger partial charge in [-0.25, -0.2) is 4.79 Å². The third-order valence-corrected chi connectivity index (χ3v) is 5.72. The second-order valence-corrected chi connectivity index (χ2v) is 7.91. The molecule has 4 atom stereocenters. The summed E-state index contributed by atoms with van der Waals surface area (Å²) in [4.78, 5) is 44.6. The second-order valence-electron chi connectivity index (χ2n) is 4.66. The molecule has 1 aromatic heterocycles. The number of aromatic nitrogens is 2. The first kappa shape index (κ1) is 20.1. The van der Waals surface area contributed by atoms with Crippen molar-refractivity contribution in [1.82, 2.24) is 9.55 Å². The average Bonchev–Trinajstić information content (AvgIpc) is 2.72. The van der Waals surface area contributed by atoms with Gasteiger partial charge in [-0.1, -0.05) is 0 Å². The summed E-state index contributed by atoms with van der Waals surface area (Å²) in [5, 5.41) is 9.50. The van der Waals surface area contributed by atoms with Crippen LogP contribution in [0.15, 0.2) is 15.8 Å². The van der Waals surface area contributed by atoms with Gasteiger partial charge in [-0.15, -0.1) is 11.8 Å². The molecule has 2 rings (SSSR count). The third-order valence-electron chi connectivity index (χ3n) is 2.98. The van der Waals surface area contributed by atoms with E-state index in [0.29, 0.717) is 0 Å². The summed E-state index contributed by atoms with van der Waals surface area (Å²) in [5.74, 6) is 0. The molecule has 0 bridgehead atoms. The monoisotopic (exact) mass is 360 g/mol. The Hall–Kier alpha value is 0.1000. The van der Waals surface area contributed by atoms with Crippen LogP contribution in [0.5, 0.6) is 0 Å². The van der Waals surface area contributed by atoms with Crippen molar-refractivity contribution in [3.63, 3.8) is 0 Å². The smallest absolute Gasteiger partial charge is 0.778 e. The molecule has 118 valence electrons. The fraction of sp³-hybridized carbons (Fsp3) is 0.600. The Labute approximate surface area is 151 Å². The fourth-order valence-corrected chi connectivity index (χ4v) is 3.96. The Bertz CT molecular complexity index is 687. The molecule has 0 radical (unpaired) electrons. The molecule has 0 spiro atoms. The predicted molar refractivity (Wildman–Crippen MR) is 73.1 cm³/mol. The molecule has 1 saturated heterocycles. The minimum atomic E-state index is -4.43. The van der Waals surface area contributed by atoms with E-state index in [4.69, 9.17) is 9.63 Å². The van der Waals surface area contributed by atoms with Gasteiger partial charge in [-0.3, -0.25) is 14.3 Å². The Morgan fingerprint density at radius 2 is 2.23 bits per heavy atom. The van der Waals surface area contributed by atoms with Crippen molar-refractivity contribution in [3.8, 4) is 0 Å². The van der Waals surface area contributed by atoms with Crippen molar-refractivity contribution in [1.29, 1.82) is 0 Å². The molecule has 1 aliphatic rings. The van der Waals surface area contributed by atoms with E-state index in [9.17, 15) is 24.2 Å². The van der Waals surface area contributed by atoms with Gasteiger partial charge in [-0.05, 0) is 6.92 Å². The molecular weight excluding hydrogens is 346 g/mol. The van der Waals surface area contributed by atoms with Gasteiger partial charge in [0, 0.05) is 11.8 Å². The van der Waals surface area contributed by atoms with Crippen LogP contribution in [0.3, 0.4) is 0 Å². The Balaban J connectivity index is 0.00000242. The molecule has 0 aromatic carbocycles. The number of aryl methyl sites for hydroxylation is 1. The van der Waals surface area contributed by atoms with Gasteiger partial charge in [0.1, 0.15) is 13.7 Å². The molecule has 22 heavy (non-hydrogen) atoms. The SMILES string of the molecule is Cc1cn([C@@H]2OC[C@H](SCP(=O)([O-])O)[C@H]2O)c(=O)[nH]c1=O.[Na+]. The van der Waals surface area contributed by atoms with E-state index in [1.807, 2.05) is 0 Å². The van der Waals surface area contributed by atoms with Crippen molar-refractivity contribution in [3.05, 3.63) is 32.6 Å². The maximum atomic E-state index is 11.7. The van der Waals surface area contributed by atoms with E-state index in [1.165, 1.54) is 13.1 Å². The van der Waals surface area contributed by atoms with Gasteiger partial charge in [0.2, 0.25) is 0 Å². The molecule has 0 amide bonds. The summed E-state index contributed by atoms with van der Waals surface area (Å²) in [6.07, 6.45) is -0.896. The molecule has 3 N–H and O–H groups in total. The predicted octanol–water partition coefficient (Wildman–Crippen LogP) is -4.66. The minimum absolute atomic E-state index is 0. The molecule has 1 aromatic rings. The molecule has 0 saturated carbocycles. The van der Waals surface area contributed by atoms with E-state index >= 15 is 0 Å². The normalized spacial score (nSPS) is 27.2. The summed E-state index contributed by atoms with van der Waals surface area (Å²) in [6.45, 7) is 1.52. The van der Waals surface area contributed by atoms with E-state index in [0.717, 1.165) is 16.3 Å². The Morgan fingerprint density at radius 3 is 2.82 bits per heavy atom. The van der Waals surface area contributed by atoms with Gasteiger partial charge in [0.05, 0.1) is 17.4 Å². The quantitative estimate of drug-likeness (QED) is 0.359. The van der Waals surface area contributed by atoms with Crippen molar-refractivity contribution in [2.75, 3.05) is 12.1 Å². The van der Waals surface area contributed by atoms with Crippen molar-refractivity contribution in [2.45, 2.75) is 24.5 Å². The average molecular weight is 360 g/mol. The van der Waals surface area contributed by atoms with Crippen molar-refractivity contribution < 1.29 is 53.8 Å². The molecule has 12 heteroatoms. The maximum absolute atomic E-state index is 11.7. The van der Waals surface area contributed by atoms with Gasteiger partial charge >= 0.3 is 35.2 Å². The standard InChI is InChI=1S/C10H15N2O7PS.Na/c1-5-2-12(10(15)11-8(5)14)9-7(13)6(3-19-9)21-4-20(16,17)18;/h2,6-7,9,13H,3-4H2,1H3,(H,11,14,15)(H2,16,17,18);/q;+1/p-1/t6-,7+,9+;/m0./s1. The number of thioether (sulfide) groups is 1. The zero-order valence-electron chi connectivity index (χ0n) is 12.0. The zero-order chi connectivity index (χ0) is 15.8. The van der Waals surface area contributed by atoms with E-state index in [2.05, 4.69) is 4.98 Å². The van der Waals surface area contributed by atoms with Crippen molar-refractivity contribution in [2.24, 2.45) is 0 Å². The Kier molecular flexibility index (Phi) is 7.12. The first-order valence-corrected chi connectivity index (χ1v) is 8.76. The number of hydrogen-bond acceptors (Lipinski definition) is 7. The molecular formula is C10H14N2NaO7PS. The van der Waals surface area contributed by atoms with Crippen LogP contribution >= 0.6 is 19.4 Å². The number of aliphatic hydroxyl groups excluding tert-OH is 1. The number of H-pyrrole nitrogens is 1. The van der Waals surface area contributed by atoms with Crippen LogP contribution in [0, 0.1) is 6.92 Å². The number of nitrogens with zero attached hydrogens (tertiary/aromatic N) is 1. The number of aromatic amines is 1. The van der Waals surface area contributed by atoms with E-state index < -0.39 is 41.9 Å². The van der Waals surface area contributed by atoms with Gasteiger partial charge in [0.15, 0.2) is 6.23 Å². The van der Waals surface area contributed by atoms with Crippen LogP contribution in [-0.4, -0.2) is 43.0 Å². The van der Waals surface area contributed by atoms with Crippen LogP contribution in [0.1, 0.15) is 11.8 Å². The van der Waals surface area contributed by atoms with Crippen LogP contribution in [-0.2, 0) is 9.30 Å². The topological polar surface area (TPSA) is 145 Å². The Morgan fingerprint density at radius 1 is 1.59 bits per heavy atom. The zero-order valence-corrected chi connectivity index (χ0v) is 15.7. The summed E-state index contributed by atoms with van der Waals surface area (Å²) in [5.41, 5.74) is -1.52. The summed E-state index contributed by atoms with van der Waals surface area (Å²) in [6, 6.07) is 0. The van der Waals surface area contributed by atoms with E-state index in [1.54, 1.807) is 0 Å². The van der Waals surface area contributed by atoms with Crippen LogP contribution in [0.2, 0.25) is 0 Å². The molecule has 0 aliphatic carbocycles. The van der Waals surface area contributed by atoms with Crippen LogP contribution in [0.25, 0.3) is 0 Å². The maximum Gasteiger partial charge on any atom is 1.00 e. The number of ether oxygens (including phenoxy) is 1. The second kappa shape index (κ2) is 7.78. The number of aliphatic hydroxyl groups is 1. The largest absolute Gasteiger partial charge is 1.00 e. The van der Waals surface area contributed by atoms with E-state index in [-0.39, 0.29) is 41.7 Å². The number of rotatable bonds is 4. The first-order chi connectivity index (χ1) is 9.69. The molecule has 1 fully saturated rings. The van der Waals surface area contributed by atoms with Crippen LogP contribution in [0.4, 0.5) is 0 Å². The van der Waals surface area contributed by atoms with Gasteiger partial charge in [0.25, 0.3) is 5.56 Å². The number of hydrogen-bond donors (Lipinski definition) is 3. The fourth-order valence-electron chi connectivity index (χ4n) is 1.93. The first-order valence-electron chi connectivity index (χ1n) is 5.95. The van der Waals surface area contributed by atoms with Gasteiger partial charge in [-0.2, -0.15) is 0 Å². The molecule has 1 aliphatic heterocycles. The number of nitrogens with one attached hydrogen (secondary N) is 1. The summed E-state index contributed by atoms with van der Waals surface area (Å²) < 4.78 is 17.1. The molecule has 9 nitrogen and oxygen atoms in total. The third kappa shape index (κ3) is 4.80. The summed E-state index contributed by atoms with van der Waals surface area (Å²) in [7, 11) is -4.43. The molecule has 1 unspecified atom stereocenters. The summed E-state index contributed by atoms with van der Waals surface area (Å²) >= 11 is 0.823. The van der Waals surface area contributed by atoms with Crippen LogP contribution < -0.4 is 45.7 Å².